The lowest BCUT2D eigenvalue weighted by atomic mass is 10.0. The molecular weight excluding hydrogens is 396 g/mol. The van der Waals surface area contributed by atoms with E-state index in [1.54, 1.807) is 31.4 Å². The summed E-state index contributed by atoms with van der Waals surface area (Å²) < 4.78 is 16.2. The van der Waals surface area contributed by atoms with Gasteiger partial charge in [0, 0.05) is 19.8 Å². The second kappa shape index (κ2) is 10.6. The van der Waals surface area contributed by atoms with Crippen molar-refractivity contribution in [2.24, 2.45) is 0 Å². The van der Waals surface area contributed by atoms with Gasteiger partial charge in [-0.3, -0.25) is 14.5 Å². The number of methoxy groups -OCH3 is 1. The van der Waals surface area contributed by atoms with Gasteiger partial charge in [-0.25, -0.2) is 0 Å². The minimum absolute atomic E-state index is 0.235. The lowest BCUT2D eigenvalue weighted by Crippen LogP contribution is -2.34. The van der Waals surface area contributed by atoms with Crippen molar-refractivity contribution in [2.45, 2.75) is 20.3 Å². The lowest BCUT2D eigenvalue weighted by molar-refractivity contribution is -0.137. The summed E-state index contributed by atoms with van der Waals surface area (Å²) in [6, 6.07) is 14.4. The highest BCUT2D eigenvalue weighted by Crippen LogP contribution is 2.34. The first kappa shape index (κ1) is 22.4. The molecule has 3 rings (SSSR count). The number of carbonyl (C=O) groups is 2. The number of rotatable bonds is 11. The van der Waals surface area contributed by atoms with Gasteiger partial charge in [0.05, 0.1) is 25.0 Å². The number of ether oxygens (including phenoxy) is 3. The summed E-state index contributed by atoms with van der Waals surface area (Å²) in [6.07, 6.45) is 0.573. The molecule has 31 heavy (non-hydrogen) atoms. The van der Waals surface area contributed by atoms with Gasteiger partial charge < -0.3 is 19.5 Å². The molecule has 0 radical (unpaired) electrons. The van der Waals surface area contributed by atoms with E-state index in [9.17, 15) is 9.59 Å². The molecule has 2 amide bonds. The number of carbonyl (C=O) groups excluding carboxylic acids is 2. The van der Waals surface area contributed by atoms with Crippen LogP contribution in [0.2, 0.25) is 0 Å². The molecular formula is C24H28N2O5. The Labute approximate surface area is 182 Å². The molecule has 0 spiro atoms. The van der Waals surface area contributed by atoms with E-state index in [0.717, 1.165) is 0 Å². The zero-order chi connectivity index (χ0) is 22.2. The molecule has 2 aromatic rings. The van der Waals surface area contributed by atoms with Gasteiger partial charge in [-0.1, -0.05) is 24.3 Å². The fourth-order valence-electron chi connectivity index (χ4n) is 3.38. The summed E-state index contributed by atoms with van der Waals surface area (Å²) in [7, 11) is 1.58. The molecule has 0 aliphatic carbocycles. The fourth-order valence-corrected chi connectivity index (χ4v) is 3.38. The van der Waals surface area contributed by atoms with E-state index < -0.39 is 0 Å². The predicted molar refractivity (Wildman–Crippen MR) is 119 cm³/mol. The van der Waals surface area contributed by atoms with Gasteiger partial charge in [-0.15, -0.1) is 0 Å². The molecule has 0 fully saturated rings. The minimum Gasteiger partial charge on any atom is -0.497 e. The summed E-state index contributed by atoms with van der Waals surface area (Å²) in [5, 5.41) is 3.16. The van der Waals surface area contributed by atoms with Crippen molar-refractivity contribution in [1.29, 1.82) is 0 Å². The van der Waals surface area contributed by atoms with E-state index >= 15 is 0 Å². The number of hydrogen-bond donors (Lipinski definition) is 1. The molecule has 0 aromatic heterocycles. The smallest absolute Gasteiger partial charge is 0.278 e. The maximum absolute atomic E-state index is 13.2. The van der Waals surface area contributed by atoms with Crippen LogP contribution in [0.4, 0.5) is 5.69 Å². The predicted octanol–water partition coefficient (Wildman–Crippen LogP) is 3.71. The van der Waals surface area contributed by atoms with Crippen LogP contribution in [0.3, 0.4) is 0 Å². The zero-order valence-electron chi connectivity index (χ0n) is 18.1. The van der Waals surface area contributed by atoms with Gasteiger partial charge in [0.2, 0.25) is 0 Å². The minimum atomic E-state index is -0.362. The molecule has 1 heterocycles. The number of benzene rings is 2. The Morgan fingerprint density at radius 2 is 1.68 bits per heavy atom. The van der Waals surface area contributed by atoms with Crippen molar-refractivity contribution in [3.05, 3.63) is 59.8 Å². The van der Waals surface area contributed by atoms with Crippen LogP contribution in [0.15, 0.2) is 54.2 Å². The van der Waals surface area contributed by atoms with Crippen molar-refractivity contribution < 1.29 is 23.8 Å². The van der Waals surface area contributed by atoms with Crippen LogP contribution in [0.25, 0.3) is 5.57 Å². The van der Waals surface area contributed by atoms with E-state index in [4.69, 9.17) is 14.2 Å². The molecule has 0 saturated heterocycles. The fraction of sp³-hybridized carbons (Fsp3) is 0.333. The monoisotopic (exact) mass is 424 g/mol. The Kier molecular flexibility index (Phi) is 7.67. The van der Waals surface area contributed by atoms with Crippen LogP contribution < -0.4 is 14.8 Å². The van der Waals surface area contributed by atoms with Gasteiger partial charge in [-0.2, -0.15) is 0 Å². The maximum Gasteiger partial charge on any atom is 0.278 e. The first-order valence-corrected chi connectivity index (χ1v) is 10.4. The SMILES string of the molecule is CCOCCCN1C(=O)C(Nc2ccccc2OCC)=C(c2ccc(OC)cc2)C1=O. The average molecular weight is 424 g/mol. The number of imide groups is 1. The third-order valence-corrected chi connectivity index (χ3v) is 4.87. The van der Waals surface area contributed by atoms with Gasteiger partial charge in [0.1, 0.15) is 17.2 Å². The summed E-state index contributed by atoms with van der Waals surface area (Å²) in [4.78, 5) is 27.8. The van der Waals surface area contributed by atoms with Crippen LogP contribution in [0.1, 0.15) is 25.8 Å². The highest BCUT2D eigenvalue weighted by Gasteiger charge is 2.39. The van der Waals surface area contributed by atoms with Crippen LogP contribution in [-0.4, -0.2) is 50.2 Å². The number of anilines is 1. The largest absolute Gasteiger partial charge is 0.497 e. The van der Waals surface area contributed by atoms with Gasteiger partial charge >= 0.3 is 0 Å². The molecule has 0 bridgehead atoms. The van der Waals surface area contributed by atoms with Crippen LogP contribution in [0, 0.1) is 0 Å². The lowest BCUT2D eigenvalue weighted by Gasteiger charge is -2.16. The first-order chi connectivity index (χ1) is 15.1. The van der Waals surface area contributed by atoms with Crippen molar-refractivity contribution >= 4 is 23.1 Å². The van der Waals surface area contributed by atoms with Crippen LogP contribution >= 0.6 is 0 Å². The van der Waals surface area contributed by atoms with E-state index in [1.807, 2.05) is 38.1 Å². The summed E-state index contributed by atoms with van der Waals surface area (Å²) >= 11 is 0. The number of nitrogens with one attached hydrogen (secondary N) is 1. The van der Waals surface area contributed by atoms with Crippen molar-refractivity contribution in [1.82, 2.24) is 4.90 Å². The molecule has 1 aliphatic heterocycles. The molecule has 0 atom stereocenters. The van der Waals surface area contributed by atoms with E-state index in [-0.39, 0.29) is 24.1 Å². The number of hydrogen-bond acceptors (Lipinski definition) is 6. The molecule has 7 heteroatoms. The zero-order valence-corrected chi connectivity index (χ0v) is 18.1. The quantitative estimate of drug-likeness (QED) is 0.438. The Hall–Kier alpha value is -3.32. The molecule has 1 N–H and O–H groups in total. The second-order valence-electron chi connectivity index (χ2n) is 6.85. The summed E-state index contributed by atoms with van der Waals surface area (Å²) in [5.74, 6) is 0.592. The molecule has 0 unspecified atom stereocenters. The van der Waals surface area contributed by atoms with Crippen LogP contribution in [-0.2, 0) is 14.3 Å². The summed E-state index contributed by atoms with van der Waals surface area (Å²) in [6.45, 7) is 5.66. The Balaban J connectivity index is 1.97. The average Bonchev–Trinajstić information content (AvgIpc) is 3.02. The second-order valence-corrected chi connectivity index (χ2v) is 6.85. The molecule has 164 valence electrons. The molecule has 0 saturated carbocycles. The third-order valence-electron chi connectivity index (χ3n) is 4.87. The third kappa shape index (κ3) is 5.06. The number of amides is 2. The van der Waals surface area contributed by atoms with Crippen molar-refractivity contribution in [2.75, 3.05) is 38.8 Å². The van der Waals surface area contributed by atoms with Gasteiger partial charge in [-0.05, 0) is 50.1 Å². The first-order valence-electron chi connectivity index (χ1n) is 10.4. The van der Waals surface area contributed by atoms with Crippen molar-refractivity contribution in [3.63, 3.8) is 0 Å². The molecule has 7 nitrogen and oxygen atoms in total. The maximum atomic E-state index is 13.2. The topological polar surface area (TPSA) is 77.1 Å². The highest BCUT2D eigenvalue weighted by atomic mass is 16.5. The van der Waals surface area contributed by atoms with Gasteiger partial charge in [0.25, 0.3) is 11.8 Å². The van der Waals surface area contributed by atoms with Gasteiger partial charge in [0.15, 0.2) is 0 Å². The standard InChI is InChI=1S/C24H28N2O5/c1-4-30-16-8-15-26-23(27)21(17-11-13-18(29-3)14-12-17)22(24(26)28)25-19-9-6-7-10-20(19)31-5-2/h6-7,9-14,25H,4-5,8,15-16H2,1-3H3. The van der Waals surface area contributed by atoms with Crippen molar-refractivity contribution in [3.8, 4) is 11.5 Å². The Morgan fingerprint density at radius 1 is 0.935 bits per heavy atom. The Bertz CT molecular complexity index is 953. The highest BCUT2D eigenvalue weighted by molar-refractivity contribution is 6.36. The number of para-hydroxylation sites is 2. The van der Waals surface area contributed by atoms with E-state index in [2.05, 4.69) is 5.32 Å². The number of nitrogens with zero attached hydrogens (tertiary/aromatic N) is 1. The Morgan fingerprint density at radius 3 is 2.35 bits per heavy atom. The molecule has 2 aromatic carbocycles. The van der Waals surface area contributed by atoms with E-state index in [1.165, 1.54) is 4.90 Å². The summed E-state index contributed by atoms with van der Waals surface area (Å²) in [5.41, 5.74) is 1.83. The normalized spacial score (nSPS) is 13.7. The molecule has 1 aliphatic rings. The van der Waals surface area contributed by atoms with Crippen LogP contribution in [0.5, 0.6) is 11.5 Å². The van der Waals surface area contributed by atoms with E-state index in [0.29, 0.717) is 54.6 Å².